The Morgan fingerprint density at radius 1 is 1.06 bits per heavy atom. The maximum atomic E-state index is 13.3. The van der Waals surface area contributed by atoms with E-state index in [4.69, 9.17) is 9.47 Å². The normalized spacial score (nSPS) is 20.1. The Bertz CT molecular complexity index is 1240. The lowest BCUT2D eigenvalue weighted by Crippen LogP contribution is -2.51. The summed E-state index contributed by atoms with van der Waals surface area (Å²) < 4.78 is 11.9. The Kier molecular flexibility index (Phi) is 6.74. The van der Waals surface area contributed by atoms with Crippen molar-refractivity contribution < 1.29 is 19.1 Å². The number of ether oxygens (including phenoxy) is 2. The fraction of sp³-hybridized carbons (Fsp3) is 0.345. The summed E-state index contributed by atoms with van der Waals surface area (Å²) in [6, 6.07) is 19.2. The number of hydrogen-bond donors (Lipinski definition) is 1. The second kappa shape index (κ2) is 10.1. The van der Waals surface area contributed by atoms with E-state index in [1.165, 1.54) is 5.56 Å². The van der Waals surface area contributed by atoms with Crippen LogP contribution in [0.3, 0.4) is 0 Å². The van der Waals surface area contributed by atoms with Crippen LogP contribution in [0, 0.1) is 0 Å². The van der Waals surface area contributed by atoms with Crippen molar-refractivity contribution in [3.05, 3.63) is 95.3 Å². The van der Waals surface area contributed by atoms with Crippen molar-refractivity contribution in [2.75, 3.05) is 20.2 Å². The monoisotopic (exact) mass is 485 g/mol. The number of hydrogen-bond acceptors (Lipinski definition) is 5. The lowest BCUT2D eigenvalue weighted by atomic mass is 9.71. The third-order valence-corrected chi connectivity index (χ3v) is 7.48. The summed E-state index contributed by atoms with van der Waals surface area (Å²) in [5.74, 6) is 0.583. The van der Waals surface area contributed by atoms with Gasteiger partial charge in [-0.1, -0.05) is 30.3 Å². The van der Waals surface area contributed by atoms with Crippen LogP contribution in [0.4, 0.5) is 0 Å². The van der Waals surface area contributed by atoms with Gasteiger partial charge < -0.3 is 19.7 Å². The molecule has 1 aliphatic heterocycles. The minimum atomic E-state index is -0.304. The summed E-state index contributed by atoms with van der Waals surface area (Å²) in [5.41, 5.74) is 3.65. The summed E-state index contributed by atoms with van der Waals surface area (Å²) in [7, 11) is 1.60. The molecular weight excluding hydrogens is 454 g/mol. The molecule has 2 amide bonds. The van der Waals surface area contributed by atoms with Gasteiger partial charge in [0, 0.05) is 43.4 Å². The summed E-state index contributed by atoms with van der Waals surface area (Å²) in [6.45, 7) is 3.17. The highest BCUT2D eigenvalue weighted by molar-refractivity contribution is 5.94. The number of carbonyl (C=O) groups is 2. The predicted octanol–water partition coefficient (Wildman–Crippen LogP) is 4.04. The van der Waals surface area contributed by atoms with E-state index in [0.717, 1.165) is 24.0 Å². The molecule has 1 aliphatic carbocycles. The van der Waals surface area contributed by atoms with Crippen LogP contribution >= 0.6 is 0 Å². The number of carbonyl (C=O) groups excluding carboxylic acids is 2. The number of fused-ring (bicyclic) bond motifs is 2. The van der Waals surface area contributed by atoms with Crippen molar-refractivity contribution in [3.63, 3.8) is 0 Å². The molecule has 1 aromatic heterocycles. The van der Waals surface area contributed by atoms with Crippen LogP contribution < -0.4 is 10.1 Å². The molecule has 36 heavy (non-hydrogen) atoms. The topological polar surface area (TPSA) is 80.8 Å². The van der Waals surface area contributed by atoms with Gasteiger partial charge >= 0.3 is 0 Å². The number of likely N-dealkylation sites (tertiary alicyclic amines) is 1. The lowest BCUT2D eigenvalue weighted by molar-refractivity contribution is -0.122. The highest BCUT2D eigenvalue weighted by Crippen LogP contribution is 2.52. The van der Waals surface area contributed by atoms with Gasteiger partial charge in [0.05, 0.1) is 25.9 Å². The molecule has 2 atom stereocenters. The first-order valence-corrected chi connectivity index (χ1v) is 12.3. The molecule has 7 nitrogen and oxygen atoms in total. The first-order chi connectivity index (χ1) is 17.5. The minimum Gasteiger partial charge on any atom is -0.497 e. The molecule has 5 rings (SSSR count). The average Bonchev–Trinajstić information content (AvgIpc) is 3.16. The zero-order chi connectivity index (χ0) is 25.1. The summed E-state index contributed by atoms with van der Waals surface area (Å²) in [5, 5.41) is 3.16. The zero-order valence-corrected chi connectivity index (χ0v) is 20.6. The van der Waals surface area contributed by atoms with Gasteiger partial charge in [-0.05, 0) is 59.9 Å². The Hall–Kier alpha value is -3.71. The van der Waals surface area contributed by atoms with Gasteiger partial charge in [0.25, 0.3) is 5.91 Å². The molecule has 0 radical (unpaired) electrons. The largest absolute Gasteiger partial charge is 0.497 e. The SMILES string of the molecule is COc1cccc(C(=O)N2CCC3(CC2)c2ccccc2[C@@H](NC(C)=O)[C@@H]3OCc2ccncc2)c1. The predicted molar refractivity (Wildman–Crippen MR) is 136 cm³/mol. The number of nitrogens with zero attached hydrogens (tertiary/aromatic N) is 2. The van der Waals surface area contributed by atoms with E-state index in [1.54, 1.807) is 32.5 Å². The highest BCUT2D eigenvalue weighted by atomic mass is 16.5. The van der Waals surface area contributed by atoms with Crippen LogP contribution in [0.5, 0.6) is 5.75 Å². The number of aromatic nitrogens is 1. The molecule has 0 saturated carbocycles. The summed E-state index contributed by atoms with van der Waals surface area (Å²) >= 11 is 0. The number of piperidine rings is 1. The quantitative estimate of drug-likeness (QED) is 0.570. The minimum absolute atomic E-state index is 0.00250. The zero-order valence-electron chi connectivity index (χ0n) is 20.6. The number of methoxy groups -OCH3 is 1. The fourth-order valence-electron chi connectivity index (χ4n) is 5.75. The van der Waals surface area contributed by atoms with Crippen molar-refractivity contribution in [2.24, 2.45) is 0 Å². The van der Waals surface area contributed by atoms with E-state index < -0.39 is 0 Å². The molecule has 0 unspecified atom stereocenters. The molecule has 3 aromatic rings. The van der Waals surface area contributed by atoms with Crippen molar-refractivity contribution >= 4 is 11.8 Å². The highest BCUT2D eigenvalue weighted by Gasteiger charge is 2.54. The summed E-state index contributed by atoms with van der Waals surface area (Å²) in [4.78, 5) is 31.5. The molecule has 1 saturated heterocycles. The maximum absolute atomic E-state index is 13.3. The molecule has 0 bridgehead atoms. The molecule has 7 heteroatoms. The Morgan fingerprint density at radius 2 is 1.81 bits per heavy atom. The van der Waals surface area contributed by atoms with Crippen molar-refractivity contribution in [1.82, 2.24) is 15.2 Å². The van der Waals surface area contributed by atoms with Gasteiger partial charge in [0.1, 0.15) is 5.75 Å². The van der Waals surface area contributed by atoms with E-state index >= 15 is 0 Å². The molecular formula is C29H31N3O4. The van der Waals surface area contributed by atoms with Crippen molar-refractivity contribution in [3.8, 4) is 5.75 Å². The first kappa shape index (κ1) is 24.0. The second-order valence-electron chi connectivity index (χ2n) is 9.53. The van der Waals surface area contributed by atoms with Gasteiger partial charge in [0.15, 0.2) is 0 Å². The third-order valence-electron chi connectivity index (χ3n) is 7.48. The Labute approximate surface area is 211 Å². The van der Waals surface area contributed by atoms with Crippen LogP contribution in [0.25, 0.3) is 0 Å². The smallest absolute Gasteiger partial charge is 0.253 e. The van der Waals surface area contributed by atoms with E-state index in [2.05, 4.69) is 22.4 Å². The number of amides is 2. The molecule has 1 N–H and O–H groups in total. The number of rotatable bonds is 6. The molecule has 2 heterocycles. The van der Waals surface area contributed by atoms with Crippen LogP contribution in [0.15, 0.2) is 73.1 Å². The third kappa shape index (κ3) is 4.46. The standard InChI is InChI=1S/C29H31N3O4/c1-20(33)31-26-24-8-3-4-9-25(24)29(27(26)36-19-21-10-14-30-15-11-21)12-16-32(17-13-29)28(34)22-6-5-7-23(18-22)35-2/h3-11,14-15,18,26-27H,12-13,16-17,19H2,1-2H3,(H,31,33)/t26-,27+/m1/s1. The average molecular weight is 486 g/mol. The van der Waals surface area contributed by atoms with Gasteiger partial charge in [-0.25, -0.2) is 0 Å². The van der Waals surface area contributed by atoms with Gasteiger partial charge in [-0.2, -0.15) is 0 Å². The van der Waals surface area contributed by atoms with Crippen LogP contribution in [-0.4, -0.2) is 48.0 Å². The van der Waals surface area contributed by atoms with Gasteiger partial charge in [-0.3, -0.25) is 14.6 Å². The lowest BCUT2D eigenvalue weighted by Gasteiger charge is -2.44. The molecule has 186 valence electrons. The second-order valence-corrected chi connectivity index (χ2v) is 9.53. The molecule has 2 aliphatic rings. The Morgan fingerprint density at radius 3 is 2.53 bits per heavy atom. The number of pyridine rings is 1. The van der Waals surface area contributed by atoms with Crippen LogP contribution in [0.1, 0.15) is 52.9 Å². The van der Waals surface area contributed by atoms with E-state index in [0.29, 0.717) is 31.0 Å². The summed E-state index contributed by atoms with van der Waals surface area (Å²) in [6.07, 6.45) is 4.76. The Balaban J connectivity index is 1.43. The van der Waals surface area contributed by atoms with E-state index in [1.807, 2.05) is 47.4 Å². The molecule has 1 fully saturated rings. The first-order valence-electron chi connectivity index (χ1n) is 12.3. The maximum Gasteiger partial charge on any atom is 0.253 e. The van der Waals surface area contributed by atoms with E-state index in [9.17, 15) is 9.59 Å². The number of benzene rings is 2. The van der Waals surface area contributed by atoms with Gasteiger partial charge in [0.2, 0.25) is 5.91 Å². The molecule has 2 aromatic carbocycles. The van der Waals surface area contributed by atoms with Crippen molar-refractivity contribution in [2.45, 2.75) is 43.9 Å². The fourth-order valence-corrected chi connectivity index (χ4v) is 5.75. The molecule has 1 spiro atoms. The van der Waals surface area contributed by atoms with Crippen LogP contribution in [-0.2, 0) is 21.6 Å². The van der Waals surface area contributed by atoms with Gasteiger partial charge in [-0.15, -0.1) is 0 Å². The number of nitrogens with one attached hydrogen (secondary N) is 1. The van der Waals surface area contributed by atoms with E-state index in [-0.39, 0.29) is 29.4 Å². The van der Waals surface area contributed by atoms with Crippen LogP contribution in [0.2, 0.25) is 0 Å². The van der Waals surface area contributed by atoms with Crippen molar-refractivity contribution in [1.29, 1.82) is 0 Å².